The molecule has 1 heterocycles. The van der Waals surface area contributed by atoms with E-state index >= 15 is 0 Å². The molecule has 0 aliphatic heterocycles. The van der Waals surface area contributed by atoms with E-state index in [1.807, 2.05) is 19.1 Å². The maximum Gasteiger partial charge on any atom is 0.224 e. The average Bonchev–Trinajstić information content (AvgIpc) is 2.48. The Hall–Kier alpha value is -2.18. The van der Waals surface area contributed by atoms with Crippen molar-refractivity contribution in [3.05, 3.63) is 41.7 Å². The fourth-order valence-corrected chi connectivity index (χ4v) is 1.78. The number of benzene rings is 1. The second kappa shape index (κ2) is 6.83. The second-order valence-corrected chi connectivity index (χ2v) is 4.27. The average molecular weight is 274 g/mol. The predicted molar refractivity (Wildman–Crippen MR) is 76.3 cm³/mol. The number of aliphatic hydroxyl groups excluding tert-OH is 1. The number of aromatic nitrogens is 2. The van der Waals surface area contributed by atoms with Crippen LogP contribution in [0.4, 0.5) is 5.82 Å². The van der Waals surface area contributed by atoms with E-state index < -0.39 is 0 Å². The van der Waals surface area contributed by atoms with Crippen LogP contribution in [0.2, 0.25) is 0 Å². The summed E-state index contributed by atoms with van der Waals surface area (Å²) in [4.78, 5) is 8.58. The van der Waals surface area contributed by atoms with Crippen molar-refractivity contribution < 1.29 is 9.84 Å². The van der Waals surface area contributed by atoms with Crippen molar-refractivity contribution in [2.45, 2.75) is 26.4 Å². The van der Waals surface area contributed by atoms with Crippen LogP contribution in [0, 0.1) is 0 Å². The quantitative estimate of drug-likeness (QED) is 0.551. The highest BCUT2D eigenvalue weighted by Crippen LogP contribution is 2.25. The molecule has 1 aromatic heterocycles. The van der Waals surface area contributed by atoms with Gasteiger partial charge in [-0.3, -0.25) is 0 Å². The maximum absolute atomic E-state index is 9.29. The Labute approximate surface area is 117 Å². The molecule has 6 heteroatoms. The zero-order chi connectivity index (χ0) is 14.4. The zero-order valence-corrected chi connectivity index (χ0v) is 11.3. The van der Waals surface area contributed by atoms with Crippen LogP contribution in [0.1, 0.15) is 24.7 Å². The fourth-order valence-electron chi connectivity index (χ4n) is 1.78. The van der Waals surface area contributed by atoms with Crippen LogP contribution >= 0.6 is 0 Å². The lowest BCUT2D eigenvalue weighted by atomic mass is 10.2. The highest BCUT2D eigenvalue weighted by atomic mass is 16.5. The minimum atomic E-state index is -0.0922. The van der Waals surface area contributed by atoms with Gasteiger partial charge in [-0.05, 0) is 12.5 Å². The lowest BCUT2D eigenvalue weighted by Gasteiger charge is -2.11. The van der Waals surface area contributed by atoms with Gasteiger partial charge in [-0.25, -0.2) is 10.8 Å². The summed E-state index contributed by atoms with van der Waals surface area (Å²) in [7, 11) is 0. The van der Waals surface area contributed by atoms with Crippen LogP contribution in [0.5, 0.6) is 11.6 Å². The molecule has 6 nitrogen and oxygen atoms in total. The van der Waals surface area contributed by atoms with E-state index in [2.05, 4.69) is 15.4 Å². The number of anilines is 1. The summed E-state index contributed by atoms with van der Waals surface area (Å²) in [5, 5.41) is 9.29. The topological polar surface area (TPSA) is 93.3 Å². The molecule has 2 rings (SSSR count). The number of nitrogens with two attached hydrogens (primary N) is 1. The molecule has 0 aliphatic rings. The Morgan fingerprint density at radius 1 is 1.30 bits per heavy atom. The Morgan fingerprint density at radius 2 is 2.10 bits per heavy atom. The first-order chi connectivity index (χ1) is 9.76. The first-order valence-electron chi connectivity index (χ1n) is 6.48. The van der Waals surface area contributed by atoms with Gasteiger partial charge in [0, 0.05) is 18.1 Å². The molecule has 106 valence electrons. The van der Waals surface area contributed by atoms with Gasteiger partial charge in [-0.15, -0.1) is 0 Å². The van der Waals surface area contributed by atoms with Gasteiger partial charge in [0.15, 0.2) is 0 Å². The number of hydrazine groups is 1. The smallest absolute Gasteiger partial charge is 0.224 e. The van der Waals surface area contributed by atoms with E-state index in [-0.39, 0.29) is 6.61 Å². The van der Waals surface area contributed by atoms with Crippen LogP contribution in [0.25, 0.3) is 0 Å². The monoisotopic (exact) mass is 274 g/mol. The largest absolute Gasteiger partial charge is 0.438 e. The summed E-state index contributed by atoms with van der Waals surface area (Å²) in [6.07, 6.45) is 1.67. The molecule has 20 heavy (non-hydrogen) atoms. The van der Waals surface area contributed by atoms with Crippen LogP contribution in [0.15, 0.2) is 30.3 Å². The number of nitrogens with one attached hydrogen (secondary N) is 1. The molecule has 0 atom stereocenters. The van der Waals surface area contributed by atoms with E-state index in [0.717, 1.165) is 12.8 Å². The number of aliphatic hydroxyl groups is 1. The third-order valence-electron chi connectivity index (χ3n) is 2.73. The van der Waals surface area contributed by atoms with Crippen molar-refractivity contribution in [2.75, 3.05) is 5.43 Å². The van der Waals surface area contributed by atoms with Gasteiger partial charge < -0.3 is 15.3 Å². The Morgan fingerprint density at radius 3 is 2.80 bits per heavy atom. The molecular formula is C14H18N4O2. The van der Waals surface area contributed by atoms with Gasteiger partial charge in [-0.2, -0.15) is 4.98 Å². The number of hydrogen-bond acceptors (Lipinski definition) is 6. The van der Waals surface area contributed by atoms with Gasteiger partial charge in [0.2, 0.25) is 5.88 Å². The summed E-state index contributed by atoms with van der Waals surface area (Å²) >= 11 is 0. The highest BCUT2D eigenvalue weighted by molar-refractivity contribution is 5.41. The fraction of sp³-hybridized carbons (Fsp3) is 0.286. The molecule has 0 saturated heterocycles. The summed E-state index contributed by atoms with van der Waals surface area (Å²) in [6, 6.07) is 8.88. The van der Waals surface area contributed by atoms with Gasteiger partial charge in [0.05, 0.1) is 6.61 Å². The van der Waals surface area contributed by atoms with Crippen molar-refractivity contribution in [3.8, 4) is 11.6 Å². The Bertz CT molecular complexity index is 575. The molecule has 0 bridgehead atoms. The molecule has 0 spiro atoms. The molecule has 1 aromatic carbocycles. The zero-order valence-electron chi connectivity index (χ0n) is 11.3. The van der Waals surface area contributed by atoms with E-state index in [1.54, 1.807) is 18.2 Å². The first-order valence-corrected chi connectivity index (χ1v) is 6.48. The molecule has 4 N–H and O–H groups in total. The van der Waals surface area contributed by atoms with Crippen molar-refractivity contribution in [3.63, 3.8) is 0 Å². The summed E-state index contributed by atoms with van der Waals surface area (Å²) in [5.74, 6) is 7.53. The lowest BCUT2D eigenvalue weighted by Crippen LogP contribution is -2.11. The number of nitrogen functional groups attached to an aromatic ring is 1. The molecule has 0 saturated carbocycles. The molecular weight excluding hydrogens is 256 g/mol. The molecule has 0 amide bonds. The van der Waals surface area contributed by atoms with E-state index in [4.69, 9.17) is 10.6 Å². The summed E-state index contributed by atoms with van der Waals surface area (Å²) in [6.45, 7) is 1.96. The lowest BCUT2D eigenvalue weighted by molar-refractivity contribution is 0.276. The SMILES string of the molecule is CCCc1nc(NN)cc(Oc2ccccc2CO)n1. The Kier molecular flexibility index (Phi) is 4.86. The minimum Gasteiger partial charge on any atom is -0.438 e. The number of hydrogen-bond donors (Lipinski definition) is 3. The predicted octanol–water partition coefficient (Wildman–Crippen LogP) is 2.00. The van der Waals surface area contributed by atoms with Crippen LogP contribution in [-0.4, -0.2) is 15.1 Å². The molecule has 0 unspecified atom stereocenters. The van der Waals surface area contributed by atoms with Gasteiger partial charge in [0.1, 0.15) is 17.4 Å². The summed E-state index contributed by atoms with van der Waals surface area (Å²) in [5.41, 5.74) is 3.20. The Balaban J connectivity index is 2.30. The number of ether oxygens (including phenoxy) is 1. The van der Waals surface area contributed by atoms with Crippen LogP contribution in [0.3, 0.4) is 0 Å². The third kappa shape index (κ3) is 3.43. The van der Waals surface area contributed by atoms with Gasteiger partial charge in [-0.1, -0.05) is 25.1 Å². The normalized spacial score (nSPS) is 10.3. The second-order valence-electron chi connectivity index (χ2n) is 4.27. The molecule has 0 fully saturated rings. The van der Waals surface area contributed by atoms with E-state index in [1.165, 1.54) is 0 Å². The number of para-hydroxylation sites is 1. The van der Waals surface area contributed by atoms with Crippen LogP contribution < -0.4 is 16.0 Å². The van der Waals surface area contributed by atoms with Gasteiger partial charge >= 0.3 is 0 Å². The third-order valence-corrected chi connectivity index (χ3v) is 2.73. The molecule has 0 radical (unpaired) electrons. The number of rotatable bonds is 6. The number of aryl methyl sites for hydroxylation is 1. The van der Waals surface area contributed by atoms with Crippen molar-refractivity contribution in [1.82, 2.24) is 9.97 Å². The molecule has 2 aromatic rings. The standard InChI is InChI=1S/C14H18N4O2/c1-2-5-12-16-13(18-15)8-14(17-12)20-11-7-4-3-6-10(11)9-19/h3-4,6-8,19H,2,5,9,15H2,1H3,(H,16,17,18). The molecule has 0 aliphatic carbocycles. The first kappa shape index (κ1) is 14.2. The maximum atomic E-state index is 9.29. The highest BCUT2D eigenvalue weighted by Gasteiger charge is 2.08. The van der Waals surface area contributed by atoms with Crippen molar-refractivity contribution >= 4 is 5.82 Å². The summed E-state index contributed by atoms with van der Waals surface area (Å²) < 4.78 is 5.72. The van der Waals surface area contributed by atoms with Crippen molar-refractivity contribution in [2.24, 2.45) is 5.84 Å². The number of nitrogens with zero attached hydrogens (tertiary/aromatic N) is 2. The van der Waals surface area contributed by atoms with E-state index in [0.29, 0.717) is 28.8 Å². The van der Waals surface area contributed by atoms with Crippen LogP contribution in [-0.2, 0) is 13.0 Å². The van der Waals surface area contributed by atoms with Gasteiger partial charge in [0.25, 0.3) is 0 Å². The van der Waals surface area contributed by atoms with E-state index in [9.17, 15) is 5.11 Å². The van der Waals surface area contributed by atoms with Crippen molar-refractivity contribution in [1.29, 1.82) is 0 Å². The minimum absolute atomic E-state index is 0.0922.